The third-order valence-corrected chi connectivity index (χ3v) is 4.39. The van der Waals surface area contributed by atoms with Gasteiger partial charge in [-0.15, -0.1) is 0 Å². The van der Waals surface area contributed by atoms with Gasteiger partial charge < -0.3 is 15.1 Å². The van der Waals surface area contributed by atoms with Gasteiger partial charge in [-0.25, -0.2) is 0 Å². The number of carbonyl (C=O) groups is 1. The van der Waals surface area contributed by atoms with Gasteiger partial charge in [0.2, 0.25) is 5.91 Å². The minimum Gasteiger partial charge on any atom is -0.343 e. The fourth-order valence-corrected chi connectivity index (χ4v) is 2.90. The van der Waals surface area contributed by atoms with Crippen molar-refractivity contribution in [3.63, 3.8) is 0 Å². The van der Waals surface area contributed by atoms with Crippen LogP contribution in [0.1, 0.15) is 45.4 Å². The molecular weight excluding hydrogens is 238 g/mol. The average Bonchev–Trinajstić information content (AvgIpc) is 3.23. The molecule has 0 radical (unpaired) electrons. The number of rotatable bonds is 7. The predicted molar refractivity (Wildman–Crippen MR) is 78.2 cm³/mol. The Bertz CT molecular complexity index is 283. The van der Waals surface area contributed by atoms with Crippen molar-refractivity contribution in [2.75, 3.05) is 33.2 Å². The normalized spacial score (nSPS) is 21.6. The number of likely N-dealkylation sites (tertiary alicyclic amines) is 1. The average molecular weight is 267 g/mol. The van der Waals surface area contributed by atoms with Crippen LogP contribution >= 0.6 is 0 Å². The quantitative estimate of drug-likeness (QED) is 0.758. The molecule has 4 heteroatoms. The molecule has 1 saturated carbocycles. The lowest BCUT2D eigenvalue weighted by molar-refractivity contribution is -0.132. The Balaban J connectivity index is 1.64. The van der Waals surface area contributed by atoms with Crippen LogP contribution in [-0.4, -0.2) is 61.0 Å². The minimum atomic E-state index is 0.307. The molecule has 1 saturated heterocycles. The van der Waals surface area contributed by atoms with Gasteiger partial charge in [-0.2, -0.15) is 0 Å². The zero-order valence-corrected chi connectivity index (χ0v) is 12.5. The van der Waals surface area contributed by atoms with Gasteiger partial charge >= 0.3 is 0 Å². The Morgan fingerprint density at radius 1 is 1.26 bits per heavy atom. The van der Waals surface area contributed by atoms with Crippen molar-refractivity contribution in [1.29, 1.82) is 0 Å². The third kappa shape index (κ3) is 4.77. The van der Waals surface area contributed by atoms with Crippen LogP contribution < -0.4 is 5.32 Å². The van der Waals surface area contributed by atoms with Crippen LogP contribution in [0.5, 0.6) is 0 Å². The summed E-state index contributed by atoms with van der Waals surface area (Å²) in [6, 6.07) is 1.16. The number of hydrogen-bond acceptors (Lipinski definition) is 3. The van der Waals surface area contributed by atoms with Crippen molar-refractivity contribution in [2.45, 2.75) is 57.5 Å². The largest absolute Gasteiger partial charge is 0.343 e. The van der Waals surface area contributed by atoms with Gasteiger partial charge in [-0.05, 0) is 38.6 Å². The lowest BCUT2D eigenvalue weighted by Crippen LogP contribution is -2.46. The molecule has 1 heterocycles. The fraction of sp³-hybridized carbons (Fsp3) is 0.933. The van der Waals surface area contributed by atoms with Crippen molar-refractivity contribution in [2.24, 2.45) is 0 Å². The maximum Gasteiger partial charge on any atom is 0.223 e. The summed E-state index contributed by atoms with van der Waals surface area (Å²) in [6.07, 6.45) is 6.74. The second kappa shape index (κ2) is 7.25. The van der Waals surface area contributed by atoms with Gasteiger partial charge in [0.05, 0.1) is 0 Å². The van der Waals surface area contributed by atoms with Crippen LogP contribution in [0.4, 0.5) is 0 Å². The number of amides is 1. The molecule has 2 fully saturated rings. The standard InChI is InChI=1S/C15H29N3O/c1-3-10-18-11-7-14(8-12-18)17(2)15(19)6-9-16-13-4-5-13/h13-14,16H,3-12H2,1-2H3. The van der Waals surface area contributed by atoms with Gasteiger partial charge in [-0.3, -0.25) is 4.79 Å². The first kappa shape index (κ1) is 14.8. The Morgan fingerprint density at radius 2 is 1.95 bits per heavy atom. The number of nitrogens with one attached hydrogen (secondary N) is 1. The minimum absolute atomic E-state index is 0.307. The van der Waals surface area contributed by atoms with E-state index in [2.05, 4.69) is 17.1 Å². The van der Waals surface area contributed by atoms with Crippen LogP contribution in [0.2, 0.25) is 0 Å². The van der Waals surface area contributed by atoms with E-state index >= 15 is 0 Å². The molecule has 0 bridgehead atoms. The van der Waals surface area contributed by atoms with Crippen molar-refractivity contribution >= 4 is 5.91 Å². The van der Waals surface area contributed by atoms with E-state index in [1.807, 2.05) is 11.9 Å². The zero-order chi connectivity index (χ0) is 13.7. The highest BCUT2D eigenvalue weighted by Gasteiger charge is 2.25. The first-order valence-corrected chi connectivity index (χ1v) is 7.92. The first-order chi connectivity index (χ1) is 9.20. The first-order valence-electron chi connectivity index (χ1n) is 7.92. The van der Waals surface area contributed by atoms with Crippen molar-refractivity contribution in [3.8, 4) is 0 Å². The van der Waals surface area contributed by atoms with E-state index in [0.717, 1.165) is 32.5 Å². The Kier molecular flexibility index (Phi) is 5.64. The van der Waals surface area contributed by atoms with Crippen LogP contribution in [0, 0.1) is 0 Å². The summed E-state index contributed by atoms with van der Waals surface area (Å²) in [5, 5.41) is 3.41. The molecule has 0 unspecified atom stereocenters. The molecule has 0 spiro atoms. The molecule has 1 N–H and O–H groups in total. The molecule has 1 amide bonds. The molecule has 4 nitrogen and oxygen atoms in total. The van der Waals surface area contributed by atoms with Gasteiger partial charge in [-0.1, -0.05) is 6.92 Å². The maximum absolute atomic E-state index is 12.1. The predicted octanol–water partition coefficient (Wildman–Crippen LogP) is 1.46. The number of nitrogens with zero attached hydrogens (tertiary/aromatic N) is 2. The van der Waals surface area contributed by atoms with E-state index in [-0.39, 0.29) is 0 Å². The van der Waals surface area contributed by atoms with Gasteiger partial charge in [0.25, 0.3) is 0 Å². The molecule has 1 aliphatic heterocycles. The zero-order valence-electron chi connectivity index (χ0n) is 12.5. The summed E-state index contributed by atoms with van der Waals surface area (Å²) in [5.41, 5.74) is 0. The molecule has 1 aliphatic carbocycles. The maximum atomic E-state index is 12.1. The summed E-state index contributed by atoms with van der Waals surface area (Å²) in [4.78, 5) is 16.6. The van der Waals surface area contributed by atoms with Crippen molar-refractivity contribution < 1.29 is 4.79 Å². The van der Waals surface area contributed by atoms with Crippen molar-refractivity contribution in [3.05, 3.63) is 0 Å². The lowest BCUT2D eigenvalue weighted by Gasteiger charge is -2.36. The number of piperidine rings is 1. The van der Waals surface area contributed by atoms with Crippen molar-refractivity contribution in [1.82, 2.24) is 15.1 Å². The number of hydrogen-bond donors (Lipinski definition) is 1. The van der Waals surface area contributed by atoms with E-state index in [0.29, 0.717) is 24.4 Å². The van der Waals surface area contributed by atoms with Crippen LogP contribution in [0.25, 0.3) is 0 Å². The summed E-state index contributed by atoms with van der Waals surface area (Å²) >= 11 is 0. The molecule has 19 heavy (non-hydrogen) atoms. The Hall–Kier alpha value is -0.610. The van der Waals surface area contributed by atoms with E-state index in [1.165, 1.54) is 25.8 Å². The second-order valence-corrected chi connectivity index (χ2v) is 6.06. The highest BCUT2D eigenvalue weighted by Crippen LogP contribution is 2.19. The highest BCUT2D eigenvalue weighted by atomic mass is 16.2. The van der Waals surface area contributed by atoms with E-state index < -0.39 is 0 Å². The van der Waals surface area contributed by atoms with E-state index in [9.17, 15) is 4.79 Å². The summed E-state index contributed by atoms with van der Waals surface area (Å²) in [7, 11) is 1.99. The topological polar surface area (TPSA) is 35.6 Å². The Labute approximate surface area is 117 Å². The molecule has 0 atom stereocenters. The van der Waals surface area contributed by atoms with Gasteiger partial charge in [0, 0.05) is 45.2 Å². The molecular formula is C15H29N3O. The second-order valence-electron chi connectivity index (χ2n) is 6.06. The van der Waals surface area contributed by atoms with Crippen LogP contribution in [0.15, 0.2) is 0 Å². The SMILES string of the molecule is CCCN1CCC(N(C)C(=O)CCNC2CC2)CC1. The highest BCUT2D eigenvalue weighted by molar-refractivity contribution is 5.76. The third-order valence-electron chi connectivity index (χ3n) is 4.39. The molecule has 2 aliphatic rings. The molecule has 110 valence electrons. The summed E-state index contributed by atoms with van der Waals surface area (Å²) < 4.78 is 0. The van der Waals surface area contributed by atoms with E-state index in [1.54, 1.807) is 0 Å². The summed E-state index contributed by atoms with van der Waals surface area (Å²) in [5.74, 6) is 0.307. The molecule has 0 aromatic rings. The smallest absolute Gasteiger partial charge is 0.223 e. The fourth-order valence-electron chi connectivity index (χ4n) is 2.90. The van der Waals surface area contributed by atoms with E-state index in [4.69, 9.17) is 0 Å². The van der Waals surface area contributed by atoms with Crippen LogP contribution in [0.3, 0.4) is 0 Å². The monoisotopic (exact) mass is 267 g/mol. The molecule has 0 aromatic carbocycles. The molecule has 0 aromatic heterocycles. The van der Waals surface area contributed by atoms with Gasteiger partial charge in [0.1, 0.15) is 0 Å². The lowest BCUT2D eigenvalue weighted by atomic mass is 10.0. The Morgan fingerprint density at radius 3 is 2.53 bits per heavy atom. The molecule has 2 rings (SSSR count). The number of carbonyl (C=O) groups excluding carboxylic acids is 1. The summed E-state index contributed by atoms with van der Waals surface area (Å²) in [6.45, 7) is 6.58. The van der Waals surface area contributed by atoms with Crippen LogP contribution in [-0.2, 0) is 4.79 Å². The van der Waals surface area contributed by atoms with Gasteiger partial charge in [0.15, 0.2) is 0 Å².